The number of benzene rings is 2. The molecule has 0 saturated heterocycles. The summed E-state index contributed by atoms with van der Waals surface area (Å²) in [6.07, 6.45) is 1.16. The predicted molar refractivity (Wildman–Crippen MR) is 82.1 cm³/mol. The van der Waals surface area contributed by atoms with Crippen molar-refractivity contribution in [2.75, 3.05) is 0 Å². The van der Waals surface area contributed by atoms with Crippen molar-refractivity contribution in [3.63, 3.8) is 0 Å². The van der Waals surface area contributed by atoms with Gasteiger partial charge in [-0.3, -0.25) is 4.79 Å². The second-order valence-electron chi connectivity index (χ2n) is 5.26. The third-order valence-corrected chi connectivity index (χ3v) is 3.77. The second kappa shape index (κ2) is 5.52. The Kier molecular flexibility index (Phi) is 3.57. The van der Waals surface area contributed by atoms with Crippen molar-refractivity contribution in [2.24, 2.45) is 0 Å². The zero-order valence-corrected chi connectivity index (χ0v) is 11.8. The molecule has 0 amide bonds. The minimum absolute atomic E-state index is 0.0508. The molecule has 1 heterocycles. The summed E-state index contributed by atoms with van der Waals surface area (Å²) in [7, 11) is 0. The first-order valence-corrected chi connectivity index (χ1v) is 6.99. The highest BCUT2D eigenvalue weighted by Gasteiger charge is 2.10. The van der Waals surface area contributed by atoms with Crippen LogP contribution in [0.3, 0.4) is 0 Å². The summed E-state index contributed by atoms with van der Waals surface area (Å²) in [6.45, 7) is 2.05. The molecule has 0 unspecified atom stereocenters. The van der Waals surface area contributed by atoms with Crippen molar-refractivity contribution < 1.29 is 9.18 Å². The number of aromatic amines is 1. The summed E-state index contributed by atoms with van der Waals surface area (Å²) in [4.78, 5) is 15.3. The van der Waals surface area contributed by atoms with E-state index in [0.29, 0.717) is 12.1 Å². The number of aryl methyl sites for hydroxylation is 2. The van der Waals surface area contributed by atoms with Gasteiger partial charge in [0, 0.05) is 17.3 Å². The number of carbonyl (C=O) groups is 1. The maximum atomic E-state index is 13.2. The Morgan fingerprint density at radius 1 is 1.14 bits per heavy atom. The molecule has 0 spiro atoms. The van der Waals surface area contributed by atoms with Crippen LogP contribution in [-0.2, 0) is 6.42 Å². The summed E-state index contributed by atoms with van der Waals surface area (Å²) < 4.78 is 13.2. The van der Waals surface area contributed by atoms with Gasteiger partial charge in [-0.05, 0) is 48.7 Å². The number of ketones is 1. The standard InChI is InChI=1S/C18H16FNO/c1-12-4-2-3-5-13(12)6-9-18(21)17-11-14-10-15(19)7-8-16(14)20-17/h2-5,7-8,10-11,20H,6,9H2,1H3. The summed E-state index contributed by atoms with van der Waals surface area (Å²) in [5, 5.41) is 0.731. The Bertz CT molecular complexity index is 804. The number of halogens is 1. The topological polar surface area (TPSA) is 32.9 Å². The molecular formula is C18H16FNO. The van der Waals surface area contributed by atoms with Crippen LogP contribution in [-0.4, -0.2) is 10.8 Å². The van der Waals surface area contributed by atoms with E-state index >= 15 is 0 Å². The molecule has 0 saturated carbocycles. The SMILES string of the molecule is Cc1ccccc1CCC(=O)c1cc2cc(F)ccc2[nH]1. The molecule has 3 heteroatoms. The summed E-state index contributed by atoms with van der Waals surface area (Å²) in [6, 6.07) is 14.3. The number of fused-ring (bicyclic) bond motifs is 1. The molecule has 2 aromatic carbocycles. The number of Topliss-reactive ketones (excluding diaryl/α,β-unsaturated/α-hetero) is 1. The van der Waals surface area contributed by atoms with E-state index in [9.17, 15) is 9.18 Å². The van der Waals surface area contributed by atoms with Gasteiger partial charge in [0.1, 0.15) is 5.82 Å². The van der Waals surface area contributed by atoms with Gasteiger partial charge in [-0.1, -0.05) is 24.3 Å². The van der Waals surface area contributed by atoms with Crippen LogP contribution in [0.5, 0.6) is 0 Å². The van der Waals surface area contributed by atoms with Crippen molar-refractivity contribution in [3.8, 4) is 0 Å². The highest BCUT2D eigenvalue weighted by molar-refractivity contribution is 5.99. The average Bonchev–Trinajstić information content (AvgIpc) is 2.89. The lowest BCUT2D eigenvalue weighted by Gasteiger charge is -2.04. The maximum absolute atomic E-state index is 13.2. The Hall–Kier alpha value is -2.42. The summed E-state index contributed by atoms with van der Waals surface area (Å²) in [5.74, 6) is -0.240. The van der Waals surface area contributed by atoms with Gasteiger partial charge in [0.2, 0.25) is 0 Å². The highest BCUT2D eigenvalue weighted by atomic mass is 19.1. The highest BCUT2D eigenvalue weighted by Crippen LogP contribution is 2.18. The van der Waals surface area contributed by atoms with Crippen molar-refractivity contribution >= 4 is 16.7 Å². The summed E-state index contributed by atoms with van der Waals surface area (Å²) >= 11 is 0. The Balaban J connectivity index is 1.76. The molecule has 0 fully saturated rings. The van der Waals surface area contributed by atoms with Crippen LogP contribution in [0.25, 0.3) is 10.9 Å². The lowest BCUT2D eigenvalue weighted by atomic mass is 10.0. The number of carbonyl (C=O) groups excluding carboxylic acids is 1. The van der Waals surface area contributed by atoms with Crippen LogP contribution in [0.1, 0.15) is 28.0 Å². The van der Waals surface area contributed by atoms with Crippen molar-refractivity contribution in [1.82, 2.24) is 4.98 Å². The molecule has 21 heavy (non-hydrogen) atoms. The normalized spacial score (nSPS) is 11.0. The molecule has 1 aromatic heterocycles. The summed E-state index contributed by atoms with van der Waals surface area (Å²) in [5.41, 5.74) is 3.72. The fourth-order valence-corrected chi connectivity index (χ4v) is 2.53. The van der Waals surface area contributed by atoms with Crippen molar-refractivity contribution in [1.29, 1.82) is 0 Å². The van der Waals surface area contributed by atoms with Crippen LogP contribution in [0.4, 0.5) is 4.39 Å². The molecular weight excluding hydrogens is 265 g/mol. The molecule has 0 aliphatic rings. The van der Waals surface area contributed by atoms with E-state index in [1.807, 2.05) is 31.2 Å². The molecule has 0 atom stereocenters. The molecule has 3 rings (SSSR count). The predicted octanol–water partition coefficient (Wildman–Crippen LogP) is 4.43. The Morgan fingerprint density at radius 3 is 2.76 bits per heavy atom. The monoisotopic (exact) mass is 281 g/mol. The fourth-order valence-electron chi connectivity index (χ4n) is 2.53. The van der Waals surface area contributed by atoms with E-state index in [4.69, 9.17) is 0 Å². The van der Waals surface area contributed by atoms with Gasteiger partial charge in [0.15, 0.2) is 5.78 Å². The minimum Gasteiger partial charge on any atom is -0.352 e. The molecule has 1 N–H and O–H groups in total. The van der Waals surface area contributed by atoms with Gasteiger partial charge in [-0.2, -0.15) is 0 Å². The number of nitrogens with one attached hydrogen (secondary N) is 1. The second-order valence-corrected chi connectivity index (χ2v) is 5.26. The van der Waals surface area contributed by atoms with Crippen molar-refractivity contribution in [3.05, 3.63) is 71.2 Å². The van der Waals surface area contributed by atoms with Crippen LogP contribution in [0.15, 0.2) is 48.5 Å². The minimum atomic E-state index is -0.291. The average molecular weight is 281 g/mol. The molecule has 106 valence electrons. The smallest absolute Gasteiger partial charge is 0.179 e. The third-order valence-electron chi connectivity index (χ3n) is 3.77. The zero-order valence-electron chi connectivity index (χ0n) is 11.8. The number of rotatable bonds is 4. The lowest BCUT2D eigenvalue weighted by Crippen LogP contribution is -2.02. The number of aromatic nitrogens is 1. The number of hydrogen-bond donors (Lipinski definition) is 1. The molecule has 0 aliphatic heterocycles. The van der Waals surface area contributed by atoms with E-state index in [-0.39, 0.29) is 11.6 Å². The van der Waals surface area contributed by atoms with Crippen molar-refractivity contribution in [2.45, 2.75) is 19.8 Å². The van der Waals surface area contributed by atoms with Gasteiger partial charge >= 0.3 is 0 Å². The van der Waals surface area contributed by atoms with Crippen LogP contribution < -0.4 is 0 Å². The van der Waals surface area contributed by atoms with Crippen LogP contribution in [0, 0.1) is 12.7 Å². The Labute approximate surface area is 122 Å². The molecule has 0 radical (unpaired) electrons. The van der Waals surface area contributed by atoms with Crippen LogP contribution in [0.2, 0.25) is 0 Å². The molecule has 2 nitrogen and oxygen atoms in total. The Morgan fingerprint density at radius 2 is 1.95 bits per heavy atom. The van der Waals surface area contributed by atoms with E-state index in [1.54, 1.807) is 12.1 Å². The lowest BCUT2D eigenvalue weighted by molar-refractivity contribution is 0.0979. The van der Waals surface area contributed by atoms with E-state index in [0.717, 1.165) is 17.3 Å². The first kappa shape index (κ1) is 13.6. The molecule has 3 aromatic rings. The van der Waals surface area contributed by atoms with E-state index in [1.165, 1.54) is 23.3 Å². The zero-order chi connectivity index (χ0) is 14.8. The van der Waals surface area contributed by atoms with Gasteiger partial charge < -0.3 is 4.98 Å². The number of hydrogen-bond acceptors (Lipinski definition) is 1. The third kappa shape index (κ3) is 2.87. The van der Waals surface area contributed by atoms with E-state index in [2.05, 4.69) is 4.98 Å². The first-order chi connectivity index (χ1) is 10.1. The fraction of sp³-hybridized carbons (Fsp3) is 0.167. The van der Waals surface area contributed by atoms with Gasteiger partial charge in [-0.25, -0.2) is 4.39 Å². The largest absolute Gasteiger partial charge is 0.352 e. The first-order valence-electron chi connectivity index (χ1n) is 6.99. The maximum Gasteiger partial charge on any atom is 0.179 e. The van der Waals surface area contributed by atoms with Crippen LogP contribution >= 0.6 is 0 Å². The van der Waals surface area contributed by atoms with Gasteiger partial charge in [0.25, 0.3) is 0 Å². The number of H-pyrrole nitrogens is 1. The van der Waals surface area contributed by atoms with E-state index < -0.39 is 0 Å². The quantitative estimate of drug-likeness (QED) is 0.705. The molecule has 0 aliphatic carbocycles. The molecule has 0 bridgehead atoms. The van der Waals surface area contributed by atoms with Gasteiger partial charge in [0.05, 0.1) is 5.69 Å². The van der Waals surface area contributed by atoms with Gasteiger partial charge in [-0.15, -0.1) is 0 Å².